The van der Waals surface area contributed by atoms with Crippen LogP contribution in [0.15, 0.2) is 63.8 Å². The molecule has 114 valence electrons. The van der Waals surface area contributed by atoms with Gasteiger partial charge >= 0.3 is 5.63 Å². The maximum atomic E-state index is 13.1. The highest BCUT2D eigenvalue weighted by Gasteiger charge is 2.11. The third kappa shape index (κ3) is 3.08. The van der Waals surface area contributed by atoms with E-state index in [4.69, 9.17) is 4.42 Å². The van der Waals surface area contributed by atoms with E-state index in [0.29, 0.717) is 16.5 Å². The highest BCUT2D eigenvalue weighted by molar-refractivity contribution is 6.07. The van der Waals surface area contributed by atoms with Crippen molar-refractivity contribution in [3.8, 4) is 0 Å². The van der Waals surface area contributed by atoms with Crippen molar-refractivity contribution < 1.29 is 18.0 Å². The zero-order valence-electron chi connectivity index (χ0n) is 11.8. The minimum absolute atomic E-state index is 0.123. The fourth-order valence-electron chi connectivity index (χ4n) is 2.11. The van der Waals surface area contributed by atoms with Gasteiger partial charge in [0.1, 0.15) is 11.1 Å². The Morgan fingerprint density at radius 2 is 1.78 bits per heavy atom. The largest absolute Gasteiger partial charge is 0.422 e. The Morgan fingerprint density at radius 1 is 1.00 bits per heavy atom. The summed E-state index contributed by atoms with van der Waals surface area (Å²) in [7, 11) is 0. The van der Waals surface area contributed by atoms with E-state index in [1.165, 1.54) is 18.2 Å². The molecule has 0 aliphatic carbocycles. The number of allylic oxidation sites excluding steroid dienone is 1. The van der Waals surface area contributed by atoms with Crippen LogP contribution in [0.3, 0.4) is 0 Å². The van der Waals surface area contributed by atoms with Crippen LogP contribution in [0, 0.1) is 11.6 Å². The molecule has 5 heteroatoms. The Labute approximate surface area is 129 Å². The molecule has 3 aromatic rings. The number of rotatable bonds is 3. The summed E-state index contributed by atoms with van der Waals surface area (Å²) < 4.78 is 31.0. The molecule has 2 aromatic carbocycles. The first-order chi connectivity index (χ1) is 11.0. The van der Waals surface area contributed by atoms with Gasteiger partial charge in [0.15, 0.2) is 17.4 Å². The Kier molecular flexibility index (Phi) is 3.85. The van der Waals surface area contributed by atoms with Gasteiger partial charge in [-0.3, -0.25) is 4.79 Å². The molecule has 1 heterocycles. The lowest BCUT2D eigenvalue weighted by molar-refractivity contribution is 0.104. The molecule has 0 radical (unpaired) electrons. The molecule has 1 aromatic heterocycles. The predicted octanol–water partition coefficient (Wildman–Crippen LogP) is 3.97. The molecule has 0 aliphatic heterocycles. The second-order valence-corrected chi connectivity index (χ2v) is 4.86. The van der Waals surface area contributed by atoms with E-state index < -0.39 is 23.0 Å². The normalized spacial score (nSPS) is 11.2. The Morgan fingerprint density at radius 3 is 2.57 bits per heavy atom. The highest BCUT2D eigenvalue weighted by atomic mass is 19.2. The van der Waals surface area contributed by atoms with Gasteiger partial charge in [-0.2, -0.15) is 0 Å². The molecule has 23 heavy (non-hydrogen) atoms. The van der Waals surface area contributed by atoms with Crippen molar-refractivity contribution in [1.29, 1.82) is 0 Å². The summed E-state index contributed by atoms with van der Waals surface area (Å²) in [6.07, 6.45) is 2.42. The van der Waals surface area contributed by atoms with Gasteiger partial charge in [0.05, 0.1) is 0 Å². The number of hydrogen-bond donors (Lipinski definition) is 0. The molecule has 0 saturated carbocycles. The van der Waals surface area contributed by atoms with E-state index in [-0.39, 0.29) is 5.56 Å². The molecule has 0 saturated heterocycles. The fraction of sp³-hybridized carbons (Fsp3) is 0. The summed E-state index contributed by atoms with van der Waals surface area (Å²) in [4.78, 5) is 24.0. The molecule has 0 bridgehead atoms. The van der Waals surface area contributed by atoms with Crippen LogP contribution in [-0.2, 0) is 0 Å². The maximum Gasteiger partial charge on any atom is 0.347 e. The second-order valence-electron chi connectivity index (χ2n) is 4.86. The monoisotopic (exact) mass is 312 g/mol. The topological polar surface area (TPSA) is 47.3 Å². The molecule has 0 aliphatic rings. The molecule has 3 nitrogen and oxygen atoms in total. The molecule has 0 amide bonds. The minimum Gasteiger partial charge on any atom is -0.422 e. The van der Waals surface area contributed by atoms with Gasteiger partial charge in [0.2, 0.25) is 0 Å². The summed E-state index contributed by atoms with van der Waals surface area (Å²) in [5.41, 5.74) is -0.174. The molecular formula is C18H10F2O3. The van der Waals surface area contributed by atoms with E-state index in [9.17, 15) is 18.4 Å². The van der Waals surface area contributed by atoms with E-state index >= 15 is 0 Å². The highest BCUT2D eigenvalue weighted by Crippen LogP contribution is 2.14. The van der Waals surface area contributed by atoms with Crippen molar-refractivity contribution in [1.82, 2.24) is 0 Å². The Bertz CT molecular complexity index is 987. The fourth-order valence-corrected chi connectivity index (χ4v) is 2.11. The van der Waals surface area contributed by atoms with Crippen molar-refractivity contribution >= 4 is 22.8 Å². The van der Waals surface area contributed by atoms with Crippen LogP contribution in [0.25, 0.3) is 17.0 Å². The van der Waals surface area contributed by atoms with Crippen LogP contribution in [0.5, 0.6) is 0 Å². The average molecular weight is 312 g/mol. The number of ketones is 1. The lowest BCUT2D eigenvalue weighted by Crippen LogP contribution is -2.11. The molecule has 0 N–H and O–H groups in total. The van der Waals surface area contributed by atoms with Gasteiger partial charge in [-0.25, -0.2) is 13.6 Å². The summed E-state index contributed by atoms with van der Waals surface area (Å²) in [5.74, 6) is -2.55. The van der Waals surface area contributed by atoms with E-state index in [1.54, 1.807) is 24.3 Å². The number of carbonyl (C=O) groups is 1. The molecule has 0 unspecified atom stereocenters. The van der Waals surface area contributed by atoms with Gasteiger partial charge in [-0.15, -0.1) is 0 Å². The van der Waals surface area contributed by atoms with E-state index in [1.807, 2.05) is 0 Å². The Balaban J connectivity index is 1.93. The maximum absolute atomic E-state index is 13.1. The van der Waals surface area contributed by atoms with Gasteiger partial charge in [-0.1, -0.05) is 30.3 Å². The lowest BCUT2D eigenvalue weighted by Gasteiger charge is -1.99. The second kappa shape index (κ2) is 5.96. The molecule has 0 fully saturated rings. The van der Waals surface area contributed by atoms with Crippen molar-refractivity contribution in [3.05, 3.63) is 87.8 Å². The van der Waals surface area contributed by atoms with Crippen LogP contribution >= 0.6 is 0 Å². The van der Waals surface area contributed by atoms with Crippen molar-refractivity contribution in [2.24, 2.45) is 0 Å². The van der Waals surface area contributed by atoms with Crippen molar-refractivity contribution in [2.75, 3.05) is 0 Å². The standard InChI is InChI=1S/C18H10F2O3/c19-14-7-5-11(9-15(14)20)6-8-16(21)13-10-12-3-1-2-4-17(12)23-18(13)22/h1-10H. The predicted molar refractivity (Wildman–Crippen MR) is 82.2 cm³/mol. The average Bonchev–Trinajstić information content (AvgIpc) is 2.55. The first-order valence-corrected chi connectivity index (χ1v) is 6.75. The van der Waals surface area contributed by atoms with Gasteiger partial charge in [0.25, 0.3) is 0 Å². The third-order valence-corrected chi connectivity index (χ3v) is 3.28. The summed E-state index contributed by atoms with van der Waals surface area (Å²) in [5, 5.41) is 0.622. The number of para-hydroxylation sites is 1. The number of fused-ring (bicyclic) bond motifs is 1. The number of benzene rings is 2. The van der Waals surface area contributed by atoms with Crippen LogP contribution < -0.4 is 5.63 Å². The Hall–Kier alpha value is -3.08. The first-order valence-electron chi connectivity index (χ1n) is 6.75. The van der Waals surface area contributed by atoms with Crippen LogP contribution in [0.1, 0.15) is 15.9 Å². The van der Waals surface area contributed by atoms with Crippen molar-refractivity contribution in [2.45, 2.75) is 0 Å². The smallest absolute Gasteiger partial charge is 0.347 e. The van der Waals surface area contributed by atoms with Crippen LogP contribution in [-0.4, -0.2) is 5.78 Å². The minimum atomic E-state index is -1.01. The van der Waals surface area contributed by atoms with Crippen molar-refractivity contribution in [3.63, 3.8) is 0 Å². The first kappa shape index (κ1) is 14.8. The van der Waals surface area contributed by atoms with Gasteiger partial charge < -0.3 is 4.42 Å². The van der Waals surface area contributed by atoms with Crippen LogP contribution in [0.4, 0.5) is 8.78 Å². The summed E-state index contributed by atoms with van der Waals surface area (Å²) in [6.45, 7) is 0. The quantitative estimate of drug-likeness (QED) is 0.418. The molecule has 0 atom stereocenters. The van der Waals surface area contributed by atoms with Gasteiger partial charge in [0, 0.05) is 5.39 Å². The number of hydrogen-bond acceptors (Lipinski definition) is 3. The van der Waals surface area contributed by atoms with E-state index in [0.717, 1.165) is 18.2 Å². The summed E-state index contributed by atoms with van der Waals surface area (Å²) >= 11 is 0. The lowest BCUT2D eigenvalue weighted by atomic mass is 10.1. The summed E-state index contributed by atoms with van der Waals surface area (Å²) in [6, 6.07) is 11.5. The van der Waals surface area contributed by atoms with Gasteiger partial charge in [-0.05, 0) is 35.9 Å². The number of carbonyl (C=O) groups excluding carboxylic acids is 1. The third-order valence-electron chi connectivity index (χ3n) is 3.28. The SMILES string of the molecule is O=C(C=Cc1ccc(F)c(F)c1)c1cc2ccccc2oc1=O. The zero-order valence-corrected chi connectivity index (χ0v) is 11.8. The van der Waals surface area contributed by atoms with E-state index in [2.05, 4.69) is 0 Å². The zero-order chi connectivity index (χ0) is 16.4. The molecular weight excluding hydrogens is 302 g/mol. The number of halogens is 2. The molecule has 3 rings (SSSR count). The van der Waals surface area contributed by atoms with Crippen LogP contribution in [0.2, 0.25) is 0 Å². The molecule has 0 spiro atoms.